The Morgan fingerprint density at radius 1 is 1.17 bits per heavy atom. The van der Waals surface area contributed by atoms with Crippen LogP contribution in [0, 0.1) is 0 Å². The van der Waals surface area contributed by atoms with Crippen molar-refractivity contribution < 1.29 is 14.3 Å². The zero-order valence-electron chi connectivity index (χ0n) is 12.8. The van der Waals surface area contributed by atoms with E-state index in [1.807, 2.05) is 31.2 Å². The first-order valence-electron chi connectivity index (χ1n) is 7.01. The summed E-state index contributed by atoms with van der Waals surface area (Å²) in [5.41, 5.74) is 0.896. The number of ether oxygens (including phenoxy) is 2. The standard InChI is InChI=1S/C17H17Cl2NO3/c1-11(13-5-3-4-6-15(13)22-2)20-17(21)10-23-16-8-7-12(18)9-14(16)19/h3-9,11H,10H2,1-2H3,(H,20,21)/t11-/m0/s1. The Labute approximate surface area is 145 Å². The molecule has 2 aromatic rings. The monoisotopic (exact) mass is 353 g/mol. The van der Waals surface area contributed by atoms with Gasteiger partial charge in [0.1, 0.15) is 11.5 Å². The summed E-state index contributed by atoms with van der Waals surface area (Å²) in [6.45, 7) is 1.74. The van der Waals surface area contributed by atoms with Gasteiger partial charge in [-0.15, -0.1) is 0 Å². The molecule has 2 rings (SSSR count). The number of carbonyl (C=O) groups excluding carboxylic acids is 1. The van der Waals surface area contributed by atoms with Crippen molar-refractivity contribution in [3.63, 3.8) is 0 Å². The van der Waals surface area contributed by atoms with Crippen molar-refractivity contribution in [3.05, 3.63) is 58.1 Å². The van der Waals surface area contributed by atoms with Gasteiger partial charge in [0.05, 0.1) is 18.2 Å². The molecule has 122 valence electrons. The van der Waals surface area contributed by atoms with E-state index in [0.717, 1.165) is 11.3 Å². The van der Waals surface area contributed by atoms with Crippen molar-refractivity contribution in [2.45, 2.75) is 13.0 Å². The zero-order chi connectivity index (χ0) is 16.8. The molecule has 4 nitrogen and oxygen atoms in total. The van der Waals surface area contributed by atoms with Gasteiger partial charge in [-0.2, -0.15) is 0 Å². The van der Waals surface area contributed by atoms with E-state index < -0.39 is 0 Å². The Morgan fingerprint density at radius 3 is 2.61 bits per heavy atom. The Hall–Kier alpha value is -1.91. The van der Waals surface area contributed by atoms with Crippen molar-refractivity contribution >= 4 is 29.1 Å². The molecule has 23 heavy (non-hydrogen) atoms. The van der Waals surface area contributed by atoms with Crippen LogP contribution in [-0.4, -0.2) is 19.6 Å². The fraction of sp³-hybridized carbons (Fsp3) is 0.235. The highest BCUT2D eigenvalue weighted by atomic mass is 35.5. The van der Waals surface area contributed by atoms with E-state index in [0.29, 0.717) is 15.8 Å². The Bertz CT molecular complexity index is 691. The van der Waals surface area contributed by atoms with Crippen molar-refractivity contribution in [3.8, 4) is 11.5 Å². The molecule has 0 aliphatic rings. The molecular weight excluding hydrogens is 337 g/mol. The summed E-state index contributed by atoms with van der Waals surface area (Å²) in [6, 6.07) is 12.2. The molecule has 0 aromatic heterocycles. The second kappa shape index (κ2) is 8.09. The second-order valence-electron chi connectivity index (χ2n) is 4.89. The number of hydrogen-bond acceptors (Lipinski definition) is 3. The Morgan fingerprint density at radius 2 is 1.91 bits per heavy atom. The SMILES string of the molecule is COc1ccccc1[C@H](C)NC(=O)COc1ccc(Cl)cc1Cl. The number of carbonyl (C=O) groups is 1. The van der Waals surface area contributed by atoms with E-state index in [2.05, 4.69) is 5.32 Å². The van der Waals surface area contributed by atoms with Crippen LogP contribution in [0.2, 0.25) is 10.0 Å². The highest BCUT2D eigenvalue weighted by molar-refractivity contribution is 6.35. The van der Waals surface area contributed by atoms with Gasteiger partial charge in [0.2, 0.25) is 0 Å². The fourth-order valence-electron chi connectivity index (χ4n) is 2.12. The van der Waals surface area contributed by atoms with Gasteiger partial charge in [0.15, 0.2) is 6.61 Å². The zero-order valence-corrected chi connectivity index (χ0v) is 14.3. The molecule has 1 N–H and O–H groups in total. The number of halogens is 2. The summed E-state index contributed by atoms with van der Waals surface area (Å²) >= 11 is 11.8. The molecule has 0 aliphatic carbocycles. The van der Waals surface area contributed by atoms with Crippen LogP contribution in [0.3, 0.4) is 0 Å². The molecule has 1 atom stereocenters. The molecule has 0 spiro atoms. The van der Waals surface area contributed by atoms with E-state index in [1.165, 1.54) is 0 Å². The van der Waals surface area contributed by atoms with Gasteiger partial charge < -0.3 is 14.8 Å². The highest BCUT2D eigenvalue weighted by Gasteiger charge is 2.14. The first-order chi connectivity index (χ1) is 11.0. The maximum atomic E-state index is 12.0. The largest absolute Gasteiger partial charge is 0.496 e. The first kappa shape index (κ1) is 17.4. The lowest BCUT2D eigenvalue weighted by Crippen LogP contribution is -2.31. The van der Waals surface area contributed by atoms with Crippen LogP contribution in [0.25, 0.3) is 0 Å². The minimum Gasteiger partial charge on any atom is -0.496 e. The second-order valence-corrected chi connectivity index (χ2v) is 5.74. The van der Waals surface area contributed by atoms with E-state index >= 15 is 0 Å². The average molecular weight is 354 g/mol. The van der Waals surface area contributed by atoms with Gasteiger partial charge in [-0.3, -0.25) is 4.79 Å². The summed E-state index contributed by atoms with van der Waals surface area (Å²) in [7, 11) is 1.60. The summed E-state index contributed by atoms with van der Waals surface area (Å²) in [5.74, 6) is 0.882. The summed E-state index contributed by atoms with van der Waals surface area (Å²) in [6.07, 6.45) is 0. The lowest BCUT2D eigenvalue weighted by atomic mass is 10.1. The summed E-state index contributed by atoms with van der Waals surface area (Å²) < 4.78 is 10.7. The quantitative estimate of drug-likeness (QED) is 0.843. The Kier molecular flexibility index (Phi) is 6.13. The number of methoxy groups -OCH3 is 1. The third-order valence-corrected chi connectivity index (χ3v) is 3.77. The molecule has 0 aliphatic heterocycles. The Balaban J connectivity index is 1.94. The predicted octanol–water partition coefficient (Wildman–Crippen LogP) is 4.26. The van der Waals surface area contributed by atoms with E-state index in [9.17, 15) is 4.79 Å². The minimum atomic E-state index is -0.255. The molecule has 0 saturated heterocycles. The smallest absolute Gasteiger partial charge is 0.258 e. The van der Waals surface area contributed by atoms with E-state index in [4.69, 9.17) is 32.7 Å². The average Bonchev–Trinajstić information content (AvgIpc) is 2.54. The summed E-state index contributed by atoms with van der Waals surface area (Å²) in [4.78, 5) is 12.0. The minimum absolute atomic E-state index is 0.138. The fourth-order valence-corrected chi connectivity index (χ4v) is 2.58. The van der Waals surface area contributed by atoms with Gasteiger partial charge >= 0.3 is 0 Å². The van der Waals surface area contributed by atoms with E-state index in [1.54, 1.807) is 25.3 Å². The van der Waals surface area contributed by atoms with Gasteiger partial charge in [-0.05, 0) is 31.2 Å². The van der Waals surface area contributed by atoms with Crippen molar-refractivity contribution in [1.82, 2.24) is 5.32 Å². The van der Waals surface area contributed by atoms with Crippen LogP contribution in [0.5, 0.6) is 11.5 Å². The van der Waals surface area contributed by atoms with Gasteiger partial charge in [0.25, 0.3) is 5.91 Å². The van der Waals surface area contributed by atoms with E-state index in [-0.39, 0.29) is 18.6 Å². The normalized spacial score (nSPS) is 11.7. The molecule has 0 radical (unpaired) electrons. The molecule has 1 amide bonds. The number of nitrogens with one attached hydrogen (secondary N) is 1. The molecule has 0 bridgehead atoms. The maximum Gasteiger partial charge on any atom is 0.258 e. The van der Waals surface area contributed by atoms with Crippen molar-refractivity contribution in [2.75, 3.05) is 13.7 Å². The van der Waals surface area contributed by atoms with Gasteiger partial charge in [-0.1, -0.05) is 41.4 Å². The van der Waals surface area contributed by atoms with Crippen LogP contribution < -0.4 is 14.8 Å². The highest BCUT2D eigenvalue weighted by Crippen LogP contribution is 2.27. The lowest BCUT2D eigenvalue weighted by Gasteiger charge is -2.17. The molecule has 0 fully saturated rings. The lowest BCUT2D eigenvalue weighted by molar-refractivity contribution is -0.123. The topological polar surface area (TPSA) is 47.6 Å². The number of hydrogen-bond donors (Lipinski definition) is 1. The number of para-hydroxylation sites is 1. The molecule has 2 aromatic carbocycles. The molecule has 6 heteroatoms. The third-order valence-electron chi connectivity index (χ3n) is 3.24. The predicted molar refractivity (Wildman–Crippen MR) is 91.5 cm³/mol. The molecule has 0 saturated carbocycles. The first-order valence-corrected chi connectivity index (χ1v) is 7.77. The molecule has 0 unspecified atom stereocenters. The van der Waals surface area contributed by atoms with Gasteiger partial charge in [0, 0.05) is 10.6 Å². The molecule has 0 heterocycles. The van der Waals surface area contributed by atoms with Crippen LogP contribution in [-0.2, 0) is 4.79 Å². The third kappa shape index (κ3) is 4.78. The van der Waals surface area contributed by atoms with Gasteiger partial charge in [-0.25, -0.2) is 0 Å². The van der Waals surface area contributed by atoms with Crippen LogP contribution in [0.1, 0.15) is 18.5 Å². The van der Waals surface area contributed by atoms with Crippen molar-refractivity contribution in [2.24, 2.45) is 0 Å². The summed E-state index contributed by atoms with van der Waals surface area (Å²) in [5, 5.41) is 3.73. The number of amides is 1. The van der Waals surface area contributed by atoms with Crippen LogP contribution >= 0.6 is 23.2 Å². The molecular formula is C17H17Cl2NO3. The number of benzene rings is 2. The maximum absolute atomic E-state index is 12.0. The number of rotatable bonds is 6. The van der Waals surface area contributed by atoms with Crippen LogP contribution in [0.4, 0.5) is 0 Å². The van der Waals surface area contributed by atoms with Crippen LogP contribution in [0.15, 0.2) is 42.5 Å². The van der Waals surface area contributed by atoms with Crippen molar-refractivity contribution in [1.29, 1.82) is 0 Å².